The van der Waals surface area contributed by atoms with Gasteiger partial charge in [-0.2, -0.15) is 0 Å². The Hall–Kier alpha value is -1.73. The third-order valence-electron chi connectivity index (χ3n) is 4.46. The number of pyridine rings is 1. The zero-order chi connectivity index (χ0) is 21.6. The summed E-state index contributed by atoms with van der Waals surface area (Å²) in [6.07, 6.45) is 5.09. The van der Waals surface area contributed by atoms with Gasteiger partial charge in [-0.05, 0) is 45.6 Å². The maximum atomic E-state index is 12.3. The number of halogens is 1. The van der Waals surface area contributed by atoms with Gasteiger partial charge in [0.25, 0.3) is 0 Å². The molecule has 2 rings (SSSR count). The number of carbonyl (C=O) groups excluding carboxylic acids is 2. The van der Waals surface area contributed by atoms with Crippen LogP contribution < -0.4 is 4.74 Å². The van der Waals surface area contributed by atoms with Crippen molar-refractivity contribution in [2.45, 2.75) is 52.1 Å². The molecule has 1 aromatic heterocycles. The normalized spacial score (nSPS) is 15.6. The second kappa shape index (κ2) is 10.3. The summed E-state index contributed by atoms with van der Waals surface area (Å²) in [5.74, 6) is 1.31. The van der Waals surface area contributed by atoms with Crippen molar-refractivity contribution in [1.82, 2.24) is 9.88 Å². The van der Waals surface area contributed by atoms with Crippen molar-refractivity contribution in [1.29, 1.82) is 0 Å². The van der Waals surface area contributed by atoms with Gasteiger partial charge < -0.3 is 14.4 Å². The molecule has 0 spiro atoms. The molecular formula is C21H29ClN2O4S. The molecule has 0 radical (unpaired) electrons. The molecule has 1 fully saturated rings. The summed E-state index contributed by atoms with van der Waals surface area (Å²) in [5.41, 5.74) is 1.28. The molecule has 1 saturated heterocycles. The average Bonchev–Trinajstić information content (AvgIpc) is 2.64. The molecule has 1 aromatic rings. The zero-order valence-corrected chi connectivity index (χ0v) is 19.2. The number of methoxy groups -OCH3 is 1. The second-order valence-corrected chi connectivity index (χ2v) is 9.47. The van der Waals surface area contributed by atoms with E-state index < -0.39 is 5.60 Å². The molecular weight excluding hydrogens is 412 g/mol. The Morgan fingerprint density at radius 2 is 2.00 bits per heavy atom. The minimum absolute atomic E-state index is 0.0750. The minimum atomic E-state index is -0.501. The first-order chi connectivity index (χ1) is 13.6. The molecule has 0 atom stereocenters. The fraction of sp³-hybridized carbons (Fsp3) is 0.571. The first-order valence-corrected chi connectivity index (χ1v) is 11.0. The van der Waals surface area contributed by atoms with Crippen LogP contribution in [0.1, 0.15) is 57.6 Å². The standard InChI is InChI=1S/C21H29ClN2O4S/c1-14(25)29-12-6-7-16-13-17(19(27-5)23-18(16)22)15-8-10-24(11-9-15)20(26)28-21(2,3)4/h6-7,13,15H,8-12H2,1-5H3/b7-6+. The Labute approximate surface area is 182 Å². The summed E-state index contributed by atoms with van der Waals surface area (Å²) in [6.45, 7) is 8.38. The van der Waals surface area contributed by atoms with Gasteiger partial charge in [-0.25, -0.2) is 9.78 Å². The Bertz CT molecular complexity index is 769. The van der Waals surface area contributed by atoms with Gasteiger partial charge in [0.1, 0.15) is 10.8 Å². The topological polar surface area (TPSA) is 68.7 Å². The van der Waals surface area contributed by atoms with Crippen LogP contribution in [0.5, 0.6) is 5.88 Å². The van der Waals surface area contributed by atoms with Crippen LogP contribution in [0.2, 0.25) is 5.15 Å². The molecule has 0 aromatic carbocycles. The number of likely N-dealkylation sites (tertiary alicyclic amines) is 1. The first kappa shape index (κ1) is 23.5. The Kier molecular flexibility index (Phi) is 8.40. The molecule has 8 heteroatoms. The van der Waals surface area contributed by atoms with Crippen LogP contribution in [0.25, 0.3) is 6.08 Å². The molecule has 160 valence electrons. The Balaban J connectivity index is 2.10. The van der Waals surface area contributed by atoms with E-state index in [2.05, 4.69) is 4.98 Å². The van der Waals surface area contributed by atoms with E-state index in [9.17, 15) is 9.59 Å². The Morgan fingerprint density at radius 3 is 2.55 bits per heavy atom. The lowest BCUT2D eigenvalue weighted by Gasteiger charge is -2.34. The number of nitrogens with zero attached hydrogens (tertiary/aromatic N) is 2. The summed E-state index contributed by atoms with van der Waals surface area (Å²) in [7, 11) is 1.58. The van der Waals surface area contributed by atoms with Crippen molar-refractivity contribution >= 4 is 40.6 Å². The minimum Gasteiger partial charge on any atom is -0.481 e. The molecule has 0 bridgehead atoms. The molecule has 0 N–H and O–H groups in total. The summed E-state index contributed by atoms with van der Waals surface area (Å²) in [4.78, 5) is 29.5. The fourth-order valence-electron chi connectivity index (χ4n) is 3.12. The van der Waals surface area contributed by atoms with Crippen molar-refractivity contribution in [3.63, 3.8) is 0 Å². The average molecular weight is 441 g/mol. The van der Waals surface area contributed by atoms with Crippen molar-refractivity contribution < 1.29 is 19.1 Å². The quantitative estimate of drug-likeness (QED) is 0.589. The van der Waals surface area contributed by atoms with E-state index in [1.165, 1.54) is 11.8 Å². The lowest BCUT2D eigenvalue weighted by atomic mass is 9.89. The number of carbonyl (C=O) groups is 2. The van der Waals surface area contributed by atoms with Crippen molar-refractivity contribution in [2.75, 3.05) is 26.0 Å². The van der Waals surface area contributed by atoms with Crippen molar-refractivity contribution in [3.05, 3.63) is 28.4 Å². The van der Waals surface area contributed by atoms with Crippen molar-refractivity contribution in [2.24, 2.45) is 0 Å². The zero-order valence-electron chi connectivity index (χ0n) is 17.7. The number of ether oxygens (including phenoxy) is 2. The summed E-state index contributed by atoms with van der Waals surface area (Å²) >= 11 is 7.54. The maximum absolute atomic E-state index is 12.3. The molecule has 0 aliphatic carbocycles. The highest BCUT2D eigenvalue weighted by molar-refractivity contribution is 8.13. The highest BCUT2D eigenvalue weighted by Gasteiger charge is 2.29. The number of hydrogen-bond acceptors (Lipinski definition) is 6. The van der Waals surface area contributed by atoms with Crippen LogP contribution in [0.3, 0.4) is 0 Å². The van der Waals surface area contributed by atoms with Crippen LogP contribution in [-0.2, 0) is 9.53 Å². The number of aromatic nitrogens is 1. The van der Waals surface area contributed by atoms with E-state index in [1.807, 2.05) is 39.0 Å². The van der Waals surface area contributed by atoms with E-state index in [-0.39, 0.29) is 17.1 Å². The number of hydrogen-bond donors (Lipinski definition) is 0. The number of rotatable bonds is 5. The van der Waals surface area contributed by atoms with Gasteiger partial charge >= 0.3 is 6.09 Å². The smallest absolute Gasteiger partial charge is 0.410 e. The predicted molar refractivity (Wildman–Crippen MR) is 118 cm³/mol. The highest BCUT2D eigenvalue weighted by Crippen LogP contribution is 2.36. The van der Waals surface area contributed by atoms with Crippen LogP contribution in [0, 0.1) is 0 Å². The molecule has 1 aliphatic heterocycles. The summed E-state index contributed by atoms with van der Waals surface area (Å²) in [6, 6.07) is 2.00. The number of thioether (sulfide) groups is 1. The maximum Gasteiger partial charge on any atom is 0.410 e. The van der Waals surface area contributed by atoms with Gasteiger partial charge in [0, 0.05) is 36.9 Å². The SMILES string of the molecule is COc1nc(Cl)c(/C=C/CSC(C)=O)cc1C1CCN(C(=O)OC(C)(C)C)CC1. The molecule has 6 nitrogen and oxygen atoms in total. The number of piperidine rings is 1. The summed E-state index contributed by atoms with van der Waals surface area (Å²) < 4.78 is 10.9. The van der Waals surface area contributed by atoms with Crippen LogP contribution >= 0.6 is 23.4 Å². The van der Waals surface area contributed by atoms with E-state index in [4.69, 9.17) is 21.1 Å². The molecule has 29 heavy (non-hydrogen) atoms. The number of amides is 1. The van der Waals surface area contributed by atoms with Crippen LogP contribution in [-0.4, -0.2) is 52.6 Å². The third kappa shape index (κ3) is 7.23. The van der Waals surface area contributed by atoms with Crippen molar-refractivity contribution in [3.8, 4) is 5.88 Å². The molecule has 2 heterocycles. The third-order valence-corrected chi connectivity index (χ3v) is 5.52. The van der Waals surface area contributed by atoms with Gasteiger partial charge in [0.15, 0.2) is 5.12 Å². The second-order valence-electron chi connectivity index (χ2n) is 7.91. The summed E-state index contributed by atoms with van der Waals surface area (Å²) in [5, 5.41) is 0.437. The molecule has 1 aliphatic rings. The molecule has 0 unspecified atom stereocenters. The van der Waals surface area contributed by atoms with Gasteiger partial charge in [-0.1, -0.05) is 35.5 Å². The fourth-order valence-corrected chi connectivity index (χ4v) is 3.74. The van der Waals surface area contributed by atoms with Crippen LogP contribution in [0.15, 0.2) is 12.1 Å². The van der Waals surface area contributed by atoms with Gasteiger partial charge in [0.05, 0.1) is 7.11 Å². The molecule has 1 amide bonds. The van der Waals surface area contributed by atoms with E-state index in [0.29, 0.717) is 29.9 Å². The first-order valence-electron chi connectivity index (χ1n) is 9.63. The lowest BCUT2D eigenvalue weighted by Crippen LogP contribution is -2.41. The molecule has 0 saturated carbocycles. The predicted octanol–water partition coefficient (Wildman–Crippen LogP) is 5.15. The Morgan fingerprint density at radius 1 is 1.34 bits per heavy atom. The van der Waals surface area contributed by atoms with Gasteiger partial charge in [0.2, 0.25) is 5.88 Å². The van der Waals surface area contributed by atoms with Crippen LogP contribution in [0.4, 0.5) is 4.79 Å². The van der Waals surface area contributed by atoms with Gasteiger partial charge in [-0.15, -0.1) is 0 Å². The van der Waals surface area contributed by atoms with E-state index >= 15 is 0 Å². The van der Waals surface area contributed by atoms with E-state index in [1.54, 1.807) is 18.9 Å². The van der Waals surface area contributed by atoms with E-state index in [0.717, 1.165) is 24.0 Å². The highest BCUT2D eigenvalue weighted by atomic mass is 35.5. The lowest BCUT2D eigenvalue weighted by molar-refractivity contribution is -0.109. The van der Waals surface area contributed by atoms with Gasteiger partial charge in [-0.3, -0.25) is 4.79 Å². The largest absolute Gasteiger partial charge is 0.481 e. The monoisotopic (exact) mass is 440 g/mol.